The highest BCUT2D eigenvalue weighted by atomic mass is 32.1. The van der Waals surface area contributed by atoms with Crippen LogP contribution in [0.1, 0.15) is 91.7 Å². The van der Waals surface area contributed by atoms with Gasteiger partial charge >= 0.3 is 0 Å². The van der Waals surface area contributed by atoms with Crippen molar-refractivity contribution in [3.8, 4) is 50.6 Å². The van der Waals surface area contributed by atoms with E-state index in [0.29, 0.717) is 5.56 Å². The third-order valence-corrected chi connectivity index (χ3v) is 20.1. The van der Waals surface area contributed by atoms with Gasteiger partial charge < -0.3 is 0 Å². The molecule has 2 heterocycles. The first-order valence-electron chi connectivity index (χ1n) is 38.2. The minimum absolute atomic E-state index is 0.132. The molecule has 0 bridgehead atoms. The number of pyridine rings is 1. The van der Waals surface area contributed by atoms with Gasteiger partial charge in [-0.3, -0.25) is 4.98 Å². The number of nitriles is 1. The largest absolute Gasteiger partial charge is 0.264 e. The van der Waals surface area contributed by atoms with Crippen LogP contribution in [0.3, 0.4) is 0 Å². The molecule has 1 aliphatic carbocycles. The summed E-state index contributed by atoms with van der Waals surface area (Å²) < 4.78 is 15.1. The summed E-state index contributed by atoms with van der Waals surface area (Å²) in [5.41, 5.74) is 28.0. The number of rotatable bonds is 3. The molecule has 0 N–H and O–H groups in total. The van der Waals surface area contributed by atoms with Crippen molar-refractivity contribution in [2.24, 2.45) is 0 Å². The zero-order valence-corrected chi connectivity index (χ0v) is 67.9. The Balaban J connectivity index is 0.000000145. The normalized spacial score (nSPS) is 10.7. The Hall–Kier alpha value is -12.7. The Bertz CT molecular complexity index is 5650. The first-order chi connectivity index (χ1) is 54.2. The molecule has 112 heavy (non-hydrogen) atoms. The van der Waals surface area contributed by atoms with Gasteiger partial charge in [-0.05, 0) is 208 Å². The maximum Gasteiger partial charge on any atom is 0.126 e. The number of hydrogen-bond acceptors (Lipinski definition) is 3. The lowest BCUT2D eigenvalue weighted by molar-refractivity contribution is 0.618. The number of aryl methyl sites for hydroxylation is 11. The highest BCUT2D eigenvalue weighted by Gasteiger charge is 2.34. The van der Waals surface area contributed by atoms with Gasteiger partial charge in [0, 0.05) is 38.0 Å². The quantitative estimate of drug-likeness (QED) is 0.177. The van der Waals surface area contributed by atoms with Gasteiger partial charge in [-0.25, -0.2) is 4.39 Å². The summed E-state index contributed by atoms with van der Waals surface area (Å²) in [4.78, 5) is 3.88. The summed E-state index contributed by atoms with van der Waals surface area (Å²) in [6.07, 6.45) is 3.60. The van der Waals surface area contributed by atoms with Gasteiger partial charge in [-0.1, -0.05) is 386 Å². The van der Waals surface area contributed by atoms with Crippen molar-refractivity contribution in [3.05, 3.63) is 472 Å². The van der Waals surface area contributed by atoms with Crippen molar-refractivity contribution in [3.63, 3.8) is 0 Å². The van der Waals surface area contributed by atoms with Crippen LogP contribution in [-0.4, -0.2) is 4.98 Å². The SMILES string of the molecule is Cc1ccc(-c2ccccc2)cc1-c1ccccc1.Cc1ccc(C#N)cc1.Cc1ccc(C)cc1.Cc1ccc2c(c1)C(C)(C)c1ccccc1-2.Cc1ccc2ccccc2c1.Cc1ccc2sc3ccccc3c2c1.Cc1cccc(-c2ccccc2)c1.Cc1ccccc1.Cc1ccccc1F.Cc1cccnc1. The Morgan fingerprint density at radius 1 is 0.286 bits per heavy atom. The van der Waals surface area contributed by atoms with Gasteiger partial charge in [-0.15, -0.1) is 11.3 Å². The maximum absolute atomic E-state index is 12.3. The predicted octanol–water partition coefficient (Wildman–Crippen LogP) is 30.5. The van der Waals surface area contributed by atoms with E-state index >= 15 is 0 Å². The first kappa shape index (κ1) is 83.4. The second-order valence-corrected chi connectivity index (χ2v) is 29.8. The first-order valence-corrected chi connectivity index (χ1v) is 39.0. The van der Waals surface area contributed by atoms with E-state index in [-0.39, 0.29) is 11.2 Å². The molecule has 1 aliphatic rings. The third kappa shape index (κ3) is 25.7. The monoisotopic (exact) mass is 1480 g/mol. The molecule has 0 radical (unpaired) electrons. The molecule has 0 saturated heterocycles. The highest BCUT2D eigenvalue weighted by Crippen LogP contribution is 2.48. The van der Waals surface area contributed by atoms with Crippen LogP contribution in [0.2, 0.25) is 0 Å². The fourth-order valence-electron chi connectivity index (χ4n) is 12.6. The molecule has 0 saturated carbocycles. The van der Waals surface area contributed by atoms with Gasteiger partial charge in [0.15, 0.2) is 0 Å². The van der Waals surface area contributed by atoms with E-state index in [2.05, 4.69) is 371 Å². The summed E-state index contributed by atoms with van der Waals surface area (Å²) in [7, 11) is 0. The molecule has 18 rings (SSSR count). The Kier molecular flexibility index (Phi) is 32.0. The van der Waals surface area contributed by atoms with Gasteiger partial charge in [0.05, 0.1) is 11.6 Å². The third-order valence-electron chi connectivity index (χ3n) is 19.0. The molecular weight excluding hydrogens is 1380 g/mol. The van der Waals surface area contributed by atoms with Crippen molar-refractivity contribution in [2.75, 3.05) is 0 Å². The lowest BCUT2D eigenvalue weighted by Crippen LogP contribution is -2.14. The minimum Gasteiger partial charge on any atom is -0.264 e. The highest BCUT2D eigenvalue weighted by molar-refractivity contribution is 7.25. The van der Waals surface area contributed by atoms with Gasteiger partial charge in [0.25, 0.3) is 0 Å². The summed E-state index contributed by atoms with van der Waals surface area (Å²) in [5.74, 6) is -0.132. The molecule has 0 atom stereocenters. The number of benzene rings is 15. The second kappa shape index (κ2) is 42.9. The van der Waals surface area contributed by atoms with Gasteiger partial charge in [0.2, 0.25) is 0 Å². The van der Waals surface area contributed by atoms with Crippen LogP contribution in [-0.2, 0) is 5.41 Å². The van der Waals surface area contributed by atoms with Crippen LogP contribution in [0.25, 0.3) is 75.5 Å². The Labute approximate surface area is 670 Å². The molecule has 15 aromatic carbocycles. The molecule has 4 heteroatoms. The lowest BCUT2D eigenvalue weighted by atomic mass is 9.82. The number of hydrogen-bond donors (Lipinski definition) is 0. The van der Waals surface area contributed by atoms with Crippen LogP contribution in [0, 0.1) is 93.3 Å². The molecule has 0 aliphatic heterocycles. The molecule has 2 aromatic heterocycles. The maximum atomic E-state index is 12.3. The lowest BCUT2D eigenvalue weighted by Gasteiger charge is -2.21. The van der Waals surface area contributed by atoms with Crippen LogP contribution in [0.15, 0.2) is 389 Å². The molecule has 0 unspecified atom stereocenters. The summed E-state index contributed by atoms with van der Waals surface area (Å²) in [6, 6.07) is 131. The summed E-state index contributed by atoms with van der Waals surface area (Å²) in [6.45, 7) is 27.4. The van der Waals surface area contributed by atoms with E-state index in [1.807, 2.05) is 98.1 Å². The average Bonchev–Trinajstić information content (AvgIpc) is 1.59. The van der Waals surface area contributed by atoms with E-state index in [0.717, 1.165) is 5.56 Å². The molecule has 0 amide bonds. The van der Waals surface area contributed by atoms with Crippen molar-refractivity contribution >= 4 is 42.3 Å². The van der Waals surface area contributed by atoms with E-state index in [4.69, 9.17) is 5.26 Å². The van der Waals surface area contributed by atoms with Crippen molar-refractivity contribution in [1.82, 2.24) is 4.98 Å². The van der Waals surface area contributed by atoms with Crippen molar-refractivity contribution in [1.29, 1.82) is 5.26 Å². The van der Waals surface area contributed by atoms with Crippen LogP contribution in [0.4, 0.5) is 4.39 Å². The van der Waals surface area contributed by atoms with Crippen LogP contribution < -0.4 is 0 Å². The average molecular weight is 1480 g/mol. The number of halogens is 1. The minimum atomic E-state index is -0.132. The summed E-state index contributed by atoms with van der Waals surface area (Å²) in [5, 5.41) is 13.8. The van der Waals surface area contributed by atoms with Crippen molar-refractivity contribution in [2.45, 2.75) is 95.4 Å². The second-order valence-electron chi connectivity index (χ2n) is 28.7. The Morgan fingerprint density at radius 2 is 0.732 bits per heavy atom. The molecule has 2 nitrogen and oxygen atoms in total. The van der Waals surface area contributed by atoms with Crippen LogP contribution in [0.5, 0.6) is 0 Å². The topological polar surface area (TPSA) is 36.7 Å². The van der Waals surface area contributed by atoms with Gasteiger partial charge in [0.1, 0.15) is 5.82 Å². The van der Waals surface area contributed by atoms with E-state index in [9.17, 15) is 4.39 Å². The zero-order chi connectivity index (χ0) is 79.6. The van der Waals surface area contributed by atoms with E-state index in [1.165, 1.54) is 148 Å². The predicted molar refractivity (Wildman–Crippen MR) is 483 cm³/mol. The molecular formula is C108H103FN2S. The fourth-order valence-corrected chi connectivity index (χ4v) is 13.7. The molecule has 0 spiro atoms. The standard InChI is InChI=1S/C19H16.C16H16.C13H10S.C13H12.C11H10.C8H7N.C8H10.C7H7F.C7H8.C6H7N/c1-15-12-13-18(16-8-4-2-5-9-16)14-19(15)17-10-6-3-7-11-17;1-11-8-9-13-12-6-4-5-7-14(12)16(2,3)15(13)10-11;1-9-6-7-13-11(8-9)10-4-2-3-5-12(10)14-13;1-11-6-5-9-13(10-11)12-7-3-2-4-8-12;1-9-6-7-10-4-2-3-5-11(10)8-9;1-7-2-4-8(6-9)5-3-7;1-7-3-5-8(2)6-4-7;1-6-4-2-3-5-7(6)8;1-7-5-3-2-4-6-7;1-6-3-2-4-7-5-6/h2-14H,1H3;4-10H,1-3H3;2-8H,1H3;2-10H,1H3;2-8H,1H3;2-5H,1H3;3-6H,1-2H3;2-5H,1H3;2-6H,1H3;2-5H,1H3. The molecule has 558 valence electrons. The van der Waals surface area contributed by atoms with Crippen LogP contribution >= 0.6 is 11.3 Å². The van der Waals surface area contributed by atoms with Gasteiger partial charge in [-0.2, -0.15) is 5.26 Å². The number of aromatic nitrogens is 1. The number of thiophene rings is 1. The number of fused-ring (bicyclic) bond motifs is 7. The van der Waals surface area contributed by atoms with Crippen molar-refractivity contribution < 1.29 is 4.39 Å². The summed E-state index contributed by atoms with van der Waals surface area (Å²) >= 11 is 1.87. The number of nitrogens with zero attached hydrogens (tertiary/aromatic N) is 2. The zero-order valence-electron chi connectivity index (χ0n) is 67.1. The van der Waals surface area contributed by atoms with E-state index in [1.54, 1.807) is 25.3 Å². The fraction of sp³-hybridized carbons (Fsp3) is 0.130. The molecule has 0 fully saturated rings. The van der Waals surface area contributed by atoms with E-state index < -0.39 is 0 Å². The smallest absolute Gasteiger partial charge is 0.126 e. The Morgan fingerprint density at radius 3 is 1.29 bits per heavy atom. The molecule has 17 aromatic rings.